The number of fused-ring (bicyclic) bond motifs is 2. The minimum atomic E-state index is -0.814. The second-order valence-corrected chi connectivity index (χ2v) is 10.3. The molecule has 0 saturated carbocycles. The van der Waals surface area contributed by atoms with Crippen LogP contribution in [0.4, 0.5) is 0 Å². The number of ether oxygens (including phenoxy) is 2. The predicted molar refractivity (Wildman–Crippen MR) is 149 cm³/mol. The molecule has 1 N–H and O–H groups in total. The molecule has 2 aromatic rings. The van der Waals surface area contributed by atoms with Crippen molar-refractivity contribution < 1.29 is 19.4 Å². The van der Waals surface area contributed by atoms with Gasteiger partial charge in [0, 0.05) is 41.9 Å². The average Bonchev–Trinajstić information content (AvgIpc) is 3.09. The molecular weight excluding hydrogens is 500 g/mol. The van der Waals surface area contributed by atoms with Gasteiger partial charge in [-0.25, -0.2) is 4.98 Å². The van der Waals surface area contributed by atoms with Gasteiger partial charge in [0.2, 0.25) is 5.88 Å². The Morgan fingerprint density at radius 3 is 2.82 bits per heavy atom. The molecule has 2 aliphatic heterocycles. The molecule has 7 heteroatoms. The maximum Gasteiger partial charge on any atom is 0.303 e. The van der Waals surface area contributed by atoms with Gasteiger partial charge in [-0.2, -0.15) is 0 Å². The summed E-state index contributed by atoms with van der Waals surface area (Å²) < 4.78 is 12.3. The van der Waals surface area contributed by atoms with Crippen molar-refractivity contribution in [3.05, 3.63) is 100 Å². The summed E-state index contributed by atoms with van der Waals surface area (Å²) in [6.07, 6.45) is 15.5. The van der Waals surface area contributed by atoms with Gasteiger partial charge in [0.25, 0.3) is 0 Å². The van der Waals surface area contributed by atoms with Crippen LogP contribution in [0.25, 0.3) is 5.57 Å². The summed E-state index contributed by atoms with van der Waals surface area (Å²) in [5.41, 5.74) is 4.34. The van der Waals surface area contributed by atoms with Crippen molar-refractivity contribution in [3.63, 3.8) is 0 Å². The van der Waals surface area contributed by atoms with E-state index in [1.807, 2.05) is 42.5 Å². The molecule has 1 saturated heterocycles. The molecule has 3 heterocycles. The van der Waals surface area contributed by atoms with E-state index in [1.165, 1.54) is 5.56 Å². The molecule has 0 spiro atoms. The molecular formula is C31H33ClN2O4. The normalized spacial score (nSPS) is 20.7. The number of aromatic nitrogens is 1. The van der Waals surface area contributed by atoms with Crippen molar-refractivity contribution in [2.45, 2.75) is 44.1 Å². The standard InChI is InChI=1S/C31H33ClN2O4/c32-25-12-10-22(11-13-25)23-14-18-34(19-15-23)17-3-5-24-21-27-28(37-20-4-9-30(35)36)7-1-8-29(27)38-31-26(24)6-2-16-33-31/h1-2,5-8,10-13,16,21,23,28H,3-4,9,14-15,17-20H2,(H,35,36). The Morgan fingerprint density at radius 1 is 1.21 bits per heavy atom. The van der Waals surface area contributed by atoms with Gasteiger partial charge in [-0.05, 0) is 92.2 Å². The molecule has 1 aromatic carbocycles. The zero-order valence-electron chi connectivity index (χ0n) is 21.4. The number of pyridine rings is 1. The third-order valence-electron chi connectivity index (χ3n) is 7.30. The predicted octanol–water partition coefficient (Wildman–Crippen LogP) is 6.41. The second kappa shape index (κ2) is 12.6. The number of rotatable bonds is 9. The molecule has 1 fully saturated rings. The van der Waals surface area contributed by atoms with Crippen LogP contribution in [0.15, 0.2) is 84.3 Å². The topological polar surface area (TPSA) is 71.9 Å². The highest BCUT2D eigenvalue weighted by atomic mass is 35.5. The van der Waals surface area contributed by atoms with Crippen LogP contribution in [0.2, 0.25) is 5.02 Å². The van der Waals surface area contributed by atoms with Crippen molar-refractivity contribution in [1.29, 1.82) is 0 Å². The van der Waals surface area contributed by atoms with E-state index in [9.17, 15) is 4.79 Å². The first-order chi connectivity index (χ1) is 18.6. The number of allylic oxidation sites excluding steroid dienone is 4. The van der Waals surface area contributed by atoms with E-state index in [1.54, 1.807) is 6.20 Å². The third-order valence-corrected chi connectivity index (χ3v) is 7.55. The molecule has 6 nitrogen and oxygen atoms in total. The summed E-state index contributed by atoms with van der Waals surface area (Å²) in [4.78, 5) is 17.9. The van der Waals surface area contributed by atoms with Crippen LogP contribution in [-0.4, -0.2) is 53.3 Å². The van der Waals surface area contributed by atoms with Gasteiger partial charge in [-0.15, -0.1) is 0 Å². The number of benzene rings is 1. The quantitative estimate of drug-likeness (QED) is 0.376. The highest BCUT2D eigenvalue weighted by molar-refractivity contribution is 6.30. The molecule has 1 aromatic heterocycles. The lowest BCUT2D eigenvalue weighted by Gasteiger charge is -2.32. The van der Waals surface area contributed by atoms with Crippen LogP contribution in [0.5, 0.6) is 5.88 Å². The number of carboxylic acid groups (broad SMARTS) is 1. The Kier molecular flexibility index (Phi) is 8.74. The number of piperidine rings is 1. The second-order valence-electron chi connectivity index (χ2n) is 9.88. The molecule has 3 aliphatic rings. The van der Waals surface area contributed by atoms with Crippen LogP contribution in [0, 0.1) is 0 Å². The average molecular weight is 533 g/mol. The minimum Gasteiger partial charge on any atom is -0.481 e. The maximum absolute atomic E-state index is 10.9. The van der Waals surface area contributed by atoms with Crippen molar-refractivity contribution in [3.8, 4) is 5.88 Å². The van der Waals surface area contributed by atoms with E-state index in [-0.39, 0.29) is 12.5 Å². The molecule has 0 amide bonds. The fourth-order valence-corrected chi connectivity index (χ4v) is 5.37. The van der Waals surface area contributed by atoms with Gasteiger partial charge < -0.3 is 19.5 Å². The first-order valence-electron chi connectivity index (χ1n) is 13.3. The van der Waals surface area contributed by atoms with Gasteiger partial charge >= 0.3 is 5.97 Å². The molecule has 0 bridgehead atoms. The van der Waals surface area contributed by atoms with E-state index in [0.29, 0.717) is 30.6 Å². The van der Waals surface area contributed by atoms with E-state index < -0.39 is 5.97 Å². The number of carbonyl (C=O) groups is 1. The number of nitrogens with zero attached hydrogens (tertiary/aromatic N) is 2. The lowest BCUT2D eigenvalue weighted by Crippen LogP contribution is -2.33. The molecule has 38 heavy (non-hydrogen) atoms. The lowest BCUT2D eigenvalue weighted by atomic mass is 9.89. The van der Waals surface area contributed by atoms with Gasteiger partial charge in [0.1, 0.15) is 11.9 Å². The van der Waals surface area contributed by atoms with Crippen molar-refractivity contribution in [2.75, 3.05) is 26.2 Å². The summed E-state index contributed by atoms with van der Waals surface area (Å²) >= 11 is 6.06. The smallest absolute Gasteiger partial charge is 0.303 e. The number of likely N-dealkylation sites (tertiary alicyclic amines) is 1. The van der Waals surface area contributed by atoms with Gasteiger partial charge in [0.05, 0.1) is 0 Å². The zero-order valence-corrected chi connectivity index (χ0v) is 22.1. The monoisotopic (exact) mass is 532 g/mol. The van der Waals surface area contributed by atoms with Crippen molar-refractivity contribution >= 4 is 23.1 Å². The summed E-state index contributed by atoms with van der Waals surface area (Å²) in [5, 5.41) is 9.72. The highest BCUT2D eigenvalue weighted by Gasteiger charge is 2.26. The van der Waals surface area contributed by atoms with Crippen molar-refractivity contribution in [1.82, 2.24) is 9.88 Å². The fraction of sp³-hybridized carbons (Fsp3) is 0.355. The Morgan fingerprint density at radius 2 is 2.03 bits per heavy atom. The number of hydrogen-bond acceptors (Lipinski definition) is 5. The Balaban J connectivity index is 1.25. The molecule has 1 atom stereocenters. The molecule has 1 aliphatic carbocycles. The first kappa shape index (κ1) is 26.4. The van der Waals surface area contributed by atoms with E-state index >= 15 is 0 Å². The lowest BCUT2D eigenvalue weighted by molar-refractivity contribution is -0.137. The van der Waals surface area contributed by atoms with Crippen LogP contribution in [0.3, 0.4) is 0 Å². The largest absolute Gasteiger partial charge is 0.481 e. The fourth-order valence-electron chi connectivity index (χ4n) is 5.25. The number of halogens is 1. The van der Waals surface area contributed by atoms with E-state index in [4.69, 9.17) is 26.2 Å². The number of carboxylic acids is 1. The van der Waals surface area contributed by atoms with Crippen LogP contribution >= 0.6 is 11.6 Å². The third kappa shape index (κ3) is 6.62. The minimum absolute atomic E-state index is 0.0894. The Bertz CT molecular complexity index is 1260. The van der Waals surface area contributed by atoms with Gasteiger partial charge in [0.15, 0.2) is 0 Å². The van der Waals surface area contributed by atoms with Gasteiger partial charge in [-0.3, -0.25) is 4.79 Å². The number of aliphatic carboxylic acids is 1. The molecule has 5 rings (SSSR count). The Hall–Kier alpha value is -3.19. The molecule has 1 unspecified atom stereocenters. The summed E-state index contributed by atoms with van der Waals surface area (Å²) in [7, 11) is 0. The van der Waals surface area contributed by atoms with Crippen LogP contribution < -0.4 is 4.74 Å². The summed E-state index contributed by atoms with van der Waals surface area (Å²) in [5.74, 6) is 1.08. The van der Waals surface area contributed by atoms with Gasteiger partial charge in [-0.1, -0.05) is 42.0 Å². The van der Waals surface area contributed by atoms with Crippen LogP contribution in [-0.2, 0) is 9.53 Å². The van der Waals surface area contributed by atoms with Crippen LogP contribution in [0.1, 0.15) is 49.1 Å². The Labute approximate surface area is 228 Å². The summed E-state index contributed by atoms with van der Waals surface area (Å²) in [6.45, 7) is 3.53. The maximum atomic E-state index is 10.9. The number of hydrogen-bond donors (Lipinski definition) is 1. The molecule has 198 valence electrons. The molecule has 0 radical (unpaired) electrons. The van der Waals surface area contributed by atoms with E-state index in [0.717, 1.165) is 60.6 Å². The zero-order chi connectivity index (χ0) is 26.3. The van der Waals surface area contributed by atoms with E-state index in [2.05, 4.69) is 34.2 Å². The first-order valence-corrected chi connectivity index (χ1v) is 13.7. The van der Waals surface area contributed by atoms with Crippen molar-refractivity contribution in [2.24, 2.45) is 0 Å². The SMILES string of the molecule is O=C(O)CCCOC1C=CC=C2Oc3ncccc3C(=CCCN3CCC(c4ccc(Cl)cc4)CC3)C=C21. The highest BCUT2D eigenvalue weighted by Crippen LogP contribution is 2.37. The summed E-state index contributed by atoms with van der Waals surface area (Å²) in [6, 6.07) is 12.3.